The largest absolute Gasteiger partial charge is 0.479 e. The molecule has 154 valence electrons. The van der Waals surface area contributed by atoms with Crippen molar-refractivity contribution in [1.29, 1.82) is 0 Å². The third-order valence-electron chi connectivity index (χ3n) is 4.07. The van der Waals surface area contributed by atoms with Crippen molar-refractivity contribution in [3.05, 3.63) is 65.5 Å². The van der Waals surface area contributed by atoms with Gasteiger partial charge in [-0.15, -0.1) is 0 Å². The molecule has 0 aliphatic rings. The summed E-state index contributed by atoms with van der Waals surface area (Å²) in [5.41, 5.74) is 1.33. The van der Waals surface area contributed by atoms with E-state index in [-0.39, 0.29) is 11.2 Å². The summed E-state index contributed by atoms with van der Waals surface area (Å²) in [6.45, 7) is 6.98. The smallest absolute Gasteiger partial charge is 0.347 e. The second-order valence-electron chi connectivity index (χ2n) is 7.53. The van der Waals surface area contributed by atoms with Crippen LogP contribution in [-0.4, -0.2) is 30.5 Å². The number of hydrogen-bond donors (Lipinski definition) is 1. The standard InChI is InChI=1S/C22H24FNO5/c1-14(29-18-11-9-17(23)10-12-18)21(27)28-13-19(25)24-20(26)15-5-7-16(8-6-15)22(2,3)4/h5-12,14H,13H2,1-4H3,(H,24,25,26)/t14-/m0/s1. The van der Waals surface area contributed by atoms with Crippen LogP contribution in [0.3, 0.4) is 0 Å². The minimum atomic E-state index is -1.01. The molecule has 2 aromatic carbocycles. The fourth-order valence-corrected chi connectivity index (χ4v) is 2.38. The number of imide groups is 1. The van der Waals surface area contributed by atoms with E-state index in [1.165, 1.54) is 31.2 Å². The van der Waals surface area contributed by atoms with E-state index in [0.717, 1.165) is 5.56 Å². The molecule has 0 aliphatic heterocycles. The number of halogens is 1. The lowest BCUT2D eigenvalue weighted by Gasteiger charge is -2.19. The van der Waals surface area contributed by atoms with Crippen molar-refractivity contribution in [3.8, 4) is 5.75 Å². The predicted molar refractivity (Wildman–Crippen MR) is 105 cm³/mol. The summed E-state index contributed by atoms with van der Waals surface area (Å²) in [6, 6.07) is 12.1. The molecular formula is C22H24FNO5. The number of hydrogen-bond acceptors (Lipinski definition) is 5. The molecule has 0 radical (unpaired) electrons. The maximum Gasteiger partial charge on any atom is 0.347 e. The molecule has 0 aliphatic carbocycles. The molecule has 0 fully saturated rings. The van der Waals surface area contributed by atoms with E-state index in [2.05, 4.69) is 26.1 Å². The van der Waals surface area contributed by atoms with Gasteiger partial charge < -0.3 is 9.47 Å². The SMILES string of the molecule is C[C@H](Oc1ccc(F)cc1)C(=O)OCC(=O)NC(=O)c1ccc(C(C)(C)C)cc1. The maximum absolute atomic E-state index is 12.9. The van der Waals surface area contributed by atoms with Crippen molar-refractivity contribution in [1.82, 2.24) is 5.32 Å². The van der Waals surface area contributed by atoms with Gasteiger partial charge in [0.2, 0.25) is 0 Å². The normalized spacial score (nSPS) is 12.0. The van der Waals surface area contributed by atoms with Crippen LogP contribution in [0.1, 0.15) is 43.6 Å². The highest BCUT2D eigenvalue weighted by atomic mass is 19.1. The Balaban J connectivity index is 1.81. The van der Waals surface area contributed by atoms with Gasteiger partial charge in [-0.2, -0.15) is 0 Å². The third-order valence-corrected chi connectivity index (χ3v) is 4.07. The first-order valence-corrected chi connectivity index (χ1v) is 9.10. The second-order valence-corrected chi connectivity index (χ2v) is 7.53. The van der Waals surface area contributed by atoms with Crippen LogP contribution < -0.4 is 10.1 Å². The summed E-state index contributed by atoms with van der Waals surface area (Å²) in [4.78, 5) is 35.9. The fraction of sp³-hybridized carbons (Fsp3) is 0.318. The molecule has 0 bridgehead atoms. The highest BCUT2D eigenvalue weighted by Gasteiger charge is 2.19. The van der Waals surface area contributed by atoms with E-state index in [1.807, 2.05) is 12.1 Å². The molecule has 0 unspecified atom stereocenters. The van der Waals surface area contributed by atoms with Gasteiger partial charge in [0, 0.05) is 5.56 Å². The number of amides is 2. The number of carbonyl (C=O) groups excluding carboxylic acids is 3. The van der Waals surface area contributed by atoms with Crippen molar-refractivity contribution in [2.75, 3.05) is 6.61 Å². The van der Waals surface area contributed by atoms with Gasteiger partial charge >= 0.3 is 5.97 Å². The topological polar surface area (TPSA) is 81.7 Å². The van der Waals surface area contributed by atoms with E-state index in [0.29, 0.717) is 5.56 Å². The summed E-state index contributed by atoms with van der Waals surface area (Å²) in [6.07, 6.45) is -1.01. The number of carbonyl (C=O) groups is 3. The van der Waals surface area contributed by atoms with Gasteiger partial charge in [-0.3, -0.25) is 14.9 Å². The lowest BCUT2D eigenvalue weighted by atomic mass is 9.87. The van der Waals surface area contributed by atoms with Crippen molar-refractivity contribution < 1.29 is 28.2 Å². The molecule has 1 atom stereocenters. The van der Waals surface area contributed by atoms with Crippen molar-refractivity contribution in [2.24, 2.45) is 0 Å². The Morgan fingerprint density at radius 2 is 1.59 bits per heavy atom. The van der Waals surface area contributed by atoms with Crippen LogP contribution in [0.5, 0.6) is 5.75 Å². The summed E-state index contributed by atoms with van der Waals surface area (Å²) in [5, 5.41) is 2.17. The maximum atomic E-state index is 12.9. The zero-order valence-corrected chi connectivity index (χ0v) is 16.8. The highest BCUT2D eigenvalue weighted by Crippen LogP contribution is 2.22. The van der Waals surface area contributed by atoms with Gasteiger partial charge in [-0.05, 0) is 54.3 Å². The van der Waals surface area contributed by atoms with Crippen molar-refractivity contribution >= 4 is 17.8 Å². The summed E-state index contributed by atoms with van der Waals surface area (Å²) in [7, 11) is 0. The monoisotopic (exact) mass is 401 g/mol. The molecule has 0 aromatic heterocycles. The van der Waals surface area contributed by atoms with Crippen LogP contribution in [0.2, 0.25) is 0 Å². The molecule has 7 heteroatoms. The average molecular weight is 401 g/mol. The molecule has 0 spiro atoms. The Morgan fingerprint density at radius 3 is 2.14 bits per heavy atom. The molecule has 0 saturated heterocycles. The number of benzene rings is 2. The van der Waals surface area contributed by atoms with Gasteiger partial charge in [0.15, 0.2) is 12.7 Å². The third kappa shape index (κ3) is 6.71. The Kier molecular flexibility index (Phi) is 7.09. The van der Waals surface area contributed by atoms with Gasteiger partial charge in [-0.1, -0.05) is 32.9 Å². The van der Waals surface area contributed by atoms with Crippen LogP contribution >= 0.6 is 0 Å². The number of rotatable bonds is 6. The van der Waals surface area contributed by atoms with E-state index in [9.17, 15) is 18.8 Å². The fourth-order valence-electron chi connectivity index (χ4n) is 2.38. The van der Waals surface area contributed by atoms with Crippen LogP contribution in [0, 0.1) is 5.82 Å². The quantitative estimate of drug-likeness (QED) is 0.751. The molecular weight excluding hydrogens is 377 g/mol. The van der Waals surface area contributed by atoms with Crippen LogP contribution in [0.25, 0.3) is 0 Å². The zero-order valence-electron chi connectivity index (χ0n) is 16.8. The number of nitrogens with one attached hydrogen (secondary N) is 1. The molecule has 2 aromatic rings. The van der Waals surface area contributed by atoms with Gasteiger partial charge in [0.1, 0.15) is 11.6 Å². The first kappa shape index (κ1) is 22.1. The Hall–Kier alpha value is -3.22. The number of esters is 1. The van der Waals surface area contributed by atoms with E-state index >= 15 is 0 Å². The minimum absolute atomic E-state index is 0.0499. The van der Waals surface area contributed by atoms with E-state index in [4.69, 9.17) is 9.47 Å². The van der Waals surface area contributed by atoms with Crippen LogP contribution in [-0.2, 0) is 19.7 Å². The first-order chi connectivity index (χ1) is 13.6. The summed E-state index contributed by atoms with van der Waals surface area (Å²) in [5.74, 6) is -2.26. The van der Waals surface area contributed by atoms with Crippen LogP contribution in [0.15, 0.2) is 48.5 Å². The molecule has 1 N–H and O–H groups in total. The molecule has 2 amide bonds. The molecule has 0 saturated carbocycles. The minimum Gasteiger partial charge on any atom is -0.479 e. The lowest BCUT2D eigenvalue weighted by Crippen LogP contribution is -2.36. The van der Waals surface area contributed by atoms with Gasteiger partial charge in [0.25, 0.3) is 11.8 Å². The van der Waals surface area contributed by atoms with Gasteiger partial charge in [0.05, 0.1) is 0 Å². The van der Waals surface area contributed by atoms with Crippen molar-refractivity contribution in [3.63, 3.8) is 0 Å². The second kappa shape index (κ2) is 9.32. The molecule has 29 heavy (non-hydrogen) atoms. The average Bonchev–Trinajstić information content (AvgIpc) is 2.67. The molecule has 6 nitrogen and oxygen atoms in total. The Bertz CT molecular complexity index is 870. The highest BCUT2D eigenvalue weighted by molar-refractivity contribution is 6.05. The van der Waals surface area contributed by atoms with E-state index < -0.39 is 36.3 Å². The Morgan fingerprint density at radius 1 is 1.00 bits per heavy atom. The number of ether oxygens (including phenoxy) is 2. The molecule has 2 rings (SSSR count). The lowest BCUT2D eigenvalue weighted by molar-refractivity contribution is -0.154. The molecule has 0 heterocycles. The summed E-state index contributed by atoms with van der Waals surface area (Å²) < 4.78 is 23.0. The Labute approximate surface area is 169 Å². The zero-order chi connectivity index (χ0) is 21.6. The predicted octanol–water partition coefficient (Wildman–Crippen LogP) is 3.39. The summed E-state index contributed by atoms with van der Waals surface area (Å²) >= 11 is 0. The van der Waals surface area contributed by atoms with Crippen LogP contribution in [0.4, 0.5) is 4.39 Å². The first-order valence-electron chi connectivity index (χ1n) is 9.10. The van der Waals surface area contributed by atoms with Crippen molar-refractivity contribution in [2.45, 2.75) is 39.2 Å². The van der Waals surface area contributed by atoms with E-state index in [1.54, 1.807) is 12.1 Å². The van der Waals surface area contributed by atoms with Gasteiger partial charge in [-0.25, -0.2) is 9.18 Å².